The molecule has 0 aromatic carbocycles. The van der Waals surface area contributed by atoms with Crippen molar-refractivity contribution in [1.82, 2.24) is 0 Å². The van der Waals surface area contributed by atoms with Crippen LogP contribution in [0.25, 0.3) is 0 Å². The van der Waals surface area contributed by atoms with E-state index in [0.29, 0.717) is 6.92 Å². The van der Waals surface area contributed by atoms with Gasteiger partial charge in [-0.3, -0.25) is 0 Å². The van der Waals surface area contributed by atoms with Crippen LogP contribution in [0, 0.1) is 5.41 Å². The molecule has 6 nitrogen and oxygen atoms in total. The van der Waals surface area contributed by atoms with Gasteiger partial charge in [0.25, 0.3) is 0 Å². The van der Waals surface area contributed by atoms with Gasteiger partial charge in [0, 0.05) is 5.41 Å². The zero-order valence-electron chi connectivity index (χ0n) is 26.2. The van der Waals surface area contributed by atoms with E-state index in [2.05, 4.69) is 14.2 Å². The van der Waals surface area contributed by atoms with Gasteiger partial charge in [-0.1, -0.05) is 6.92 Å². The first-order chi connectivity index (χ1) is 23.6. The van der Waals surface area contributed by atoms with Gasteiger partial charge >= 0.3 is 71.1 Å². The van der Waals surface area contributed by atoms with Gasteiger partial charge in [0.05, 0.1) is 19.8 Å². The third kappa shape index (κ3) is 9.11. The molecule has 0 aromatic heterocycles. The van der Waals surface area contributed by atoms with Gasteiger partial charge < -0.3 is 29.5 Å². The van der Waals surface area contributed by atoms with Crippen LogP contribution in [0.1, 0.15) is 13.3 Å². The molecule has 3 N–H and O–H groups in total. The van der Waals surface area contributed by atoms with E-state index in [1.54, 1.807) is 0 Å². The largest absolute Gasteiger partial charge is 0.390 e. The summed E-state index contributed by atoms with van der Waals surface area (Å²) in [5.74, 6) is -81.4. The van der Waals surface area contributed by atoms with E-state index in [0.717, 1.165) is 0 Å². The number of hydrogen-bond acceptors (Lipinski definition) is 6. The summed E-state index contributed by atoms with van der Waals surface area (Å²) < 4.78 is 340. The fraction of sp³-hybridized carbons (Fsp3) is 1.00. The van der Waals surface area contributed by atoms with Crippen LogP contribution in [0.4, 0.5) is 105 Å². The molecule has 54 heavy (non-hydrogen) atoms. The predicted molar refractivity (Wildman–Crippen MR) is 126 cm³/mol. The van der Waals surface area contributed by atoms with Crippen LogP contribution in [0.15, 0.2) is 0 Å². The Morgan fingerprint density at radius 1 is 0.296 bits per heavy atom. The Hall–Kier alpha value is -1.92. The van der Waals surface area contributed by atoms with Crippen LogP contribution in [-0.4, -0.2) is 146 Å². The number of aliphatic hydroxyl groups is 3. The molecular formula is C24H26F24O6. The lowest BCUT2D eigenvalue weighted by molar-refractivity contribution is -0.378. The van der Waals surface area contributed by atoms with E-state index in [9.17, 15) is 105 Å². The molecule has 0 aliphatic heterocycles. The number of aliphatic hydroxyl groups excluding tert-OH is 3. The van der Waals surface area contributed by atoms with E-state index < -0.39 is 142 Å². The van der Waals surface area contributed by atoms with Crippen molar-refractivity contribution in [2.75, 3.05) is 59.5 Å². The minimum absolute atomic E-state index is 0.560. The van der Waals surface area contributed by atoms with Crippen molar-refractivity contribution in [3.63, 3.8) is 0 Å². The molecule has 0 bridgehead atoms. The van der Waals surface area contributed by atoms with Crippen molar-refractivity contribution in [2.24, 2.45) is 5.41 Å². The summed E-state index contributed by atoms with van der Waals surface area (Å²) in [6.07, 6.45) is -1.27. The Morgan fingerprint density at radius 3 is 0.611 bits per heavy atom. The zero-order chi connectivity index (χ0) is 43.7. The Kier molecular flexibility index (Phi) is 15.6. The van der Waals surface area contributed by atoms with Crippen molar-refractivity contribution in [3.8, 4) is 0 Å². The molecular weight excluding hydrogens is 840 g/mol. The van der Waals surface area contributed by atoms with E-state index in [4.69, 9.17) is 15.3 Å². The Bertz CT molecular complexity index is 1070. The first-order valence-electron chi connectivity index (χ1n) is 13.7. The molecule has 30 heteroatoms. The summed E-state index contributed by atoms with van der Waals surface area (Å²) in [7, 11) is 0. The second-order valence-corrected chi connectivity index (χ2v) is 11.5. The Morgan fingerprint density at radius 2 is 0.463 bits per heavy atom. The van der Waals surface area contributed by atoms with Crippen LogP contribution in [0.5, 0.6) is 0 Å². The van der Waals surface area contributed by atoms with Crippen LogP contribution >= 0.6 is 0 Å². The van der Waals surface area contributed by atoms with Gasteiger partial charge in [0.1, 0.15) is 39.6 Å². The van der Waals surface area contributed by atoms with Crippen LogP contribution in [0.2, 0.25) is 0 Å². The molecule has 0 saturated heterocycles. The van der Waals surface area contributed by atoms with Gasteiger partial charge in [-0.05, 0) is 6.42 Å². The summed E-state index contributed by atoms with van der Waals surface area (Å²) in [6, 6.07) is 0. The molecule has 0 amide bonds. The first kappa shape index (κ1) is 52.1. The molecule has 0 rings (SSSR count). The van der Waals surface area contributed by atoms with Gasteiger partial charge in [-0.2, -0.15) is 105 Å². The van der Waals surface area contributed by atoms with Crippen molar-refractivity contribution in [2.45, 2.75) is 84.4 Å². The second-order valence-electron chi connectivity index (χ2n) is 11.5. The summed E-state index contributed by atoms with van der Waals surface area (Å²) in [5.41, 5.74) is -3.12. The number of alkyl halides is 24. The number of hydrogen-bond donors (Lipinski definition) is 3. The third-order valence-corrected chi connectivity index (χ3v) is 7.36. The van der Waals surface area contributed by atoms with Crippen molar-refractivity contribution >= 4 is 0 Å². The quantitative estimate of drug-likeness (QED) is 0.0856. The Balaban J connectivity index is 6.64. The van der Waals surface area contributed by atoms with Gasteiger partial charge in [0.15, 0.2) is 0 Å². The average molecular weight is 866 g/mol. The van der Waals surface area contributed by atoms with E-state index >= 15 is 0 Å². The molecule has 0 spiro atoms. The molecule has 0 radical (unpaired) electrons. The number of ether oxygens (including phenoxy) is 3. The highest BCUT2D eigenvalue weighted by Gasteiger charge is 2.82. The summed E-state index contributed by atoms with van der Waals surface area (Å²) >= 11 is 0. The maximum atomic E-state index is 14.1. The van der Waals surface area contributed by atoms with Crippen LogP contribution < -0.4 is 0 Å². The highest BCUT2D eigenvalue weighted by atomic mass is 19.4. The Labute approximate surface area is 285 Å². The lowest BCUT2D eigenvalue weighted by Gasteiger charge is -2.38. The fourth-order valence-electron chi connectivity index (χ4n) is 3.57. The van der Waals surface area contributed by atoms with Gasteiger partial charge in [-0.15, -0.1) is 0 Å². The monoisotopic (exact) mass is 866 g/mol. The molecule has 0 saturated carbocycles. The molecule has 0 atom stereocenters. The maximum absolute atomic E-state index is 14.1. The molecule has 326 valence electrons. The second kappa shape index (κ2) is 16.1. The lowest BCUT2D eigenvalue weighted by atomic mass is 9.87. The van der Waals surface area contributed by atoms with Crippen molar-refractivity contribution in [1.29, 1.82) is 0 Å². The van der Waals surface area contributed by atoms with Crippen LogP contribution in [0.3, 0.4) is 0 Å². The van der Waals surface area contributed by atoms with Gasteiger partial charge in [-0.25, -0.2) is 0 Å². The fourth-order valence-corrected chi connectivity index (χ4v) is 3.57. The summed E-state index contributed by atoms with van der Waals surface area (Å²) in [6.45, 7) is -25.1. The van der Waals surface area contributed by atoms with Crippen molar-refractivity contribution in [3.05, 3.63) is 0 Å². The van der Waals surface area contributed by atoms with E-state index in [1.807, 2.05) is 0 Å². The average Bonchev–Trinajstić information content (AvgIpc) is 3.03. The molecule has 0 aliphatic rings. The molecule has 0 fully saturated rings. The normalized spacial score (nSPS) is 16.0. The minimum atomic E-state index is -7.21. The topological polar surface area (TPSA) is 88.4 Å². The highest BCUT2D eigenvalue weighted by molar-refractivity contribution is 5.06. The number of rotatable bonds is 25. The minimum Gasteiger partial charge on any atom is -0.390 e. The molecule has 0 unspecified atom stereocenters. The van der Waals surface area contributed by atoms with Crippen molar-refractivity contribution < 1.29 is 135 Å². The highest BCUT2D eigenvalue weighted by Crippen LogP contribution is 2.55. The molecule has 0 heterocycles. The summed E-state index contributed by atoms with van der Waals surface area (Å²) in [4.78, 5) is 0. The maximum Gasteiger partial charge on any atom is 0.380 e. The van der Waals surface area contributed by atoms with E-state index in [-0.39, 0.29) is 0 Å². The predicted octanol–water partition coefficient (Wildman–Crippen LogP) is 7.03. The van der Waals surface area contributed by atoms with E-state index in [1.165, 1.54) is 0 Å². The molecule has 0 aromatic rings. The number of halogens is 24. The standard InChI is InChI=1S/C24H26F24O6/c1-2-12(6-52-9-16(31,32)22(43,44)19(37,38)13(25,26)3-49,7-53-10-17(33,34)23(45,46)20(39,40)14(27,28)4-50)8-54-11-18(35,36)24(47,48)21(41,42)15(29,30)5-51/h49-51H,2-11H2,1H3. The first-order valence-corrected chi connectivity index (χ1v) is 13.7. The lowest BCUT2D eigenvalue weighted by Crippen LogP contribution is -2.64. The molecule has 0 aliphatic carbocycles. The summed E-state index contributed by atoms with van der Waals surface area (Å²) in [5, 5.41) is 24.6. The zero-order valence-corrected chi connectivity index (χ0v) is 26.2. The SMILES string of the molecule is CCC(COCC(F)(F)C(F)(F)C(F)(F)C(F)(F)CO)(COCC(F)(F)C(F)(F)C(F)(F)C(F)(F)CO)COCC(F)(F)C(F)(F)C(F)(F)C(F)(F)CO. The smallest absolute Gasteiger partial charge is 0.380 e. The van der Waals surface area contributed by atoms with Crippen LogP contribution in [-0.2, 0) is 14.2 Å². The van der Waals surface area contributed by atoms with Gasteiger partial charge in [0.2, 0.25) is 0 Å². The third-order valence-electron chi connectivity index (χ3n) is 7.36.